The van der Waals surface area contributed by atoms with Crippen LogP contribution in [0.4, 0.5) is 5.69 Å². The Balaban J connectivity index is 0.00000280. The molecular formula is C20H26ClN3O3S. The molecule has 1 saturated heterocycles. The first-order valence-electron chi connectivity index (χ1n) is 9.00. The minimum Gasteiger partial charge on any atom is -0.333 e. The molecule has 0 bridgehead atoms. The van der Waals surface area contributed by atoms with Crippen LogP contribution in [0.15, 0.2) is 47.4 Å². The number of rotatable bonds is 4. The van der Waals surface area contributed by atoms with Crippen LogP contribution in [0.3, 0.4) is 0 Å². The van der Waals surface area contributed by atoms with E-state index in [0.29, 0.717) is 23.4 Å². The Kier molecular flexibility index (Phi) is 7.09. The minimum atomic E-state index is -3.79. The van der Waals surface area contributed by atoms with Crippen molar-refractivity contribution in [2.45, 2.75) is 31.7 Å². The molecule has 1 aliphatic rings. The molecule has 0 saturated carbocycles. The molecule has 6 nitrogen and oxygen atoms in total. The molecule has 2 N–H and O–H groups in total. The number of hydrogen-bond acceptors (Lipinski definition) is 4. The summed E-state index contributed by atoms with van der Waals surface area (Å²) in [5, 5.41) is 3.25. The van der Waals surface area contributed by atoms with Gasteiger partial charge in [0.05, 0.1) is 4.90 Å². The van der Waals surface area contributed by atoms with Gasteiger partial charge in [-0.15, -0.1) is 12.4 Å². The molecule has 1 fully saturated rings. The van der Waals surface area contributed by atoms with E-state index in [1.54, 1.807) is 42.2 Å². The summed E-state index contributed by atoms with van der Waals surface area (Å²) in [4.78, 5) is 14.8. The van der Waals surface area contributed by atoms with Gasteiger partial charge in [0.2, 0.25) is 0 Å². The Labute approximate surface area is 172 Å². The van der Waals surface area contributed by atoms with E-state index < -0.39 is 10.0 Å². The van der Waals surface area contributed by atoms with E-state index in [0.717, 1.165) is 18.7 Å². The van der Waals surface area contributed by atoms with E-state index in [4.69, 9.17) is 0 Å². The summed E-state index contributed by atoms with van der Waals surface area (Å²) in [6, 6.07) is 12.1. The summed E-state index contributed by atoms with van der Waals surface area (Å²) in [6.07, 6.45) is 0. The van der Waals surface area contributed by atoms with Crippen molar-refractivity contribution in [1.29, 1.82) is 0 Å². The Bertz CT molecular complexity index is 963. The summed E-state index contributed by atoms with van der Waals surface area (Å²) < 4.78 is 28.4. The Morgan fingerprint density at radius 3 is 2.61 bits per heavy atom. The first-order chi connectivity index (χ1) is 12.8. The lowest BCUT2D eigenvalue weighted by atomic mass is 10.1. The number of sulfonamides is 1. The second kappa shape index (κ2) is 8.94. The number of hydrogen-bond donors (Lipinski definition) is 2. The molecule has 1 amide bonds. The number of benzene rings is 2. The quantitative estimate of drug-likeness (QED) is 0.792. The zero-order valence-electron chi connectivity index (χ0n) is 16.2. The van der Waals surface area contributed by atoms with Gasteiger partial charge in [-0.25, -0.2) is 8.42 Å². The predicted molar refractivity (Wildman–Crippen MR) is 114 cm³/mol. The van der Waals surface area contributed by atoms with E-state index in [1.165, 1.54) is 6.07 Å². The monoisotopic (exact) mass is 423 g/mol. The molecule has 1 heterocycles. The molecule has 0 aliphatic carbocycles. The van der Waals surface area contributed by atoms with Gasteiger partial charge in [-0.1, -0.05) is 18.2 Å². The van der Waals surface area contributed by atoms with E-state index >= 15 is 0 Å². The van der Waals surface area contributed by atoms with Crippen molar-refractivity contribution in [3.8, 4) is 0 Å². The molecule has 1 aliphatic heterocycles. The maximum atomic E-state index is 12.9. The van der Waals surface area contributed by atoms with Crippen LogP contribution in [0.5, 0.6) is 0 Å². The Morgan fingerprint density at radius 2 is 1.93 bits per heavy atom. The molecule has 2 aromatic carbocycles. The summed E-state index contributed by atoms with van der Waals surface area (Å²) in [5.41, 5.74) is 2.45. The molecular weight excluding hydrogens is 398 g/mol. The summed E-state index contributed by atoms with van der Waals surface area (Å²) in [6.45, 7) is 7.69. The van der Waals surface area contributed by atoms with Crippen molar-refractivity contribution in [2.24, 2.45) is 0 Å². The van der Waals surface area contributed by atoms with Gasteiger partial charge in [-0.3, -0.25) is 9.52 Å². The van der Waals surface area contributed by atoms with Crippen molar-refractivity contribution in [3.63, 3.8) is 0 Å². The number of nitrogens with one attached hydrogen (secondary N) is 2. The van der Waals surface area contributed by atoms with Crippen LogP contribution in [0.2, 0.25) is 0 Å². The zero-order chi connectivity index (χ0) is 19.6. The van der Waals surface area contributed by atoms with Gasteiger partial charge in [-0.2, -0.15) is 0 Å². The highest BCUT2D eigenvalue weighted by atomic mass is 35.5. The fourth-order valence-corrected chi connectivity index (χ4v) is 4.57. The van der Waals surface area contributed by atoms with Crippen molar-refractivity contribution >= 4 is 34.0 Å². The average molecular weight is 424 g/mol. The number of aryl methyl sites for hydroxylation is 2. The molecule has 28 heavy (non-hydrogen) atoms. The molecule has 8 heteroatoms. The van der Waals surface area contributed by atoms with Crippen LogP contribution in [-0.4, -0.2) is 44.9 Å². The number of amides is 1. The molecule has 0 aromatic heterocycles. The second-order valence-corrected chi connectivity index (χ2v) is 8.66. The fourth-order valence-electron chi connectivity index (χ4n) is 3.25. The maximum Gasteiger partial charge on any atom is 0.262 e. The normalized spacial score (nSPS) is 17.0. The van der Waals surface area contributed by atoms with Gasteiger partial charge in [0.15, 0.2) is 0 Å². The van der Waals surface area contributed by atoms with Crippen LogP contribution in [0.25, 0.3) is 0 Å². The topological polar surface area (TPSA) is 78.5 Å². The highest BCUT2D eigenvalue weighted by molar-refractivity contribution is 7.92. The lowest BCUT2D eigenvalue weighted by molar-refractivity contribution is 0.0655. The average Bonchev–Trinajstić information content (AvgIpc) is 2.61. The van der Waals surface area contributed by atoms with E-state index in [-0.39, 0.29) is 29.3 Å². The van der Waals surface area contributed by atoms with Gasteiger partial charge in [-0.05, 0) is 56.2 Å². The number of carbonyl (C=O) groups excluding carboxylic acids is 1. The Morgan fingerprint density at radius 1 is 1.18 bits per heavy atom. The first-order valence-corrected chi connectivity index (χ1v) is 10.5. The third kappa shape index (κ3) is 4.84. The third-order valence-electron chi connectivity index (χ3n) is 4.76. The largest absolute Gasteiger partial charge is 0.333 e. The second-order valence-electron chi connectivity index (χ2n) is 7.01. The lowest BCUT2D eigenvalue weighted by Crippen LogP contribution is -2.52. The molecule has 3 rings (SSSR count). The molecule has 152 valence electrons. The highest BCUT2D eigenvalue weighted by Gasteiger charge is 2.26. The van der Waals surface area contributed by atoms with E-state index in [9.17, 15) is 13.2 Å². The Hall–Kier alpha value is -2.09. The van der Waals surface area contributed by atoms with E-state index in [2.05, 4.69) is 10.0 Å². The van der Waals surface area contributed by atoms with Gasteiger partial charge in [0, 0.05) is 36.9 Å². The minimum absolute atomic E-state index is 0. The van der Waals surface area contributed by atoms with Crippen LogP contribution in [-0.2, 0) is 10.0 Å². The van der Waals surface area contributed by atoms with Crippen LogP contribution < -0.4 is 10.0 Å². The summed E-state index contributed by atoms with van der Waals surface area (Å²) in [7, 11) is -3.79. The smallest absolute Gasteiger partial charge is 0.262 e. The van der Waals surface area contributed by atoms with Crippen LogP contribution in [0.1, 0.15) is 28.4 Å². The van der Waals surface area contributed by atoms with Crippen molar-refractivity contribution in [1.82, 2.24) is 10.2 Å². The van der Waals surface area contributed by atoms with Crippen LogP contribution >= 0.6 is 12.4 Å². The molecule has 2 aromatic rings. The maximum absolute atomic E-state index is 12.9. The summed E-state index contributed by atoms with van der Waals surface area (Å²) >= 11 is 0. The van der Waals surface area contributed by atoms with Crippen molar-refractivity contribution < 1.29 is 13.2 Å². The number of piperazine rings is 1. The lowest BCUT2D eigenvalue weighted by Gasteiger charge is -2.34. The molecule has 1 atom stereocenters. The van der Waals surface area contributed by atoms with Gasteiger partial charge >= 0.3 is 0 Å². The molecule has 0 unspecified atom stereocenters. The predicted octanol–water partition coefficient (Wildman–Crippen LogP) is 2.96. The first kappa shape index (κ1) is 22.2. The van der Waals surface area contributed by atoms with Gasteiger partial charge < -0.3 is 10.2 Å². The van der Waals surface area contributed by atoms with Gasteiger partial charge in [0.25, 0.3) is 15.9 Å². The van der Waals surface area contributed by atoms with Crippen molar-refractivity contribution in [2.75, 3.05) is 24.4 Å². The SMILES string of the molecule is Cc1cccc(NS(=O)(=O)c2cc(C(=O)N3CCNC[C@@H]3C)ccc2C)c1.Cl. The number of carbonyl (C=O) groups is 1. The number of nitrogens with zero attached hydrogens (tertiary/aromatic N) is 1. The third-order valence-corrected chi connectivity index (χ3v) is 6.28. The highest BCUT2D eigenvalue weighted by Crippen LogP contribution is 2.22. The van der Waals surface area contributed by atoms with Gasteiger partial charge in [0.1, 0.15) is 0 Å². The van der Waals surface area contributed by atoms with Crippen molar-refractivity contribution in [3.05, 3.63) is 59.2 Å². The fraction of sp³-hybridized carbons (Fsp3) is 0.350. The molecule has 0 radical (unpaired) electrons. The zero-order valence-corrected chi connectivity index (χ0v) is 17.9. The molecule has 0 spiro atoms. The number of halogens is 1. The van der Waals surface area contributed by atoms with Crippen LogP contribution in [0, 0.1) is 13.8 Å². The summed E-state index contributed by atoms with van der Waals surface area (Å²) in [5.74, 6) is -0.143. The number of anilines is 1. The standard InChI is InChI=1S/C20H25N3O3S.ClH/c1-14-5-4-6-18(11-14)22-27(25,26)19-12-17(8-7-15(19)2)20(24)23-10-9-21-13-16(23)3;/h4-8,11-12,16,21-22H,9-10,13H2,1-3H3;1H/t16-;/m0./s1. The van der Waals surface area contributed by atoms with E-state index in [1.807, 2.05) is 19.9 Å².